The third-order valence-electron chi connectivity index (χ3n) is 6.48. The lowest BCUT2D eigenvalue weighted by Crippen LogP contribution is -2.57. The van der Waals surface area contributed by atoms with E-state index in [0.29, 0.717) is 40.6 Å². The molecule has 36 heavy (non-hydrogen) atoms. The largest absolute Gasteiger partial charge is 0.365 e. The lowest BCUT2D eigenvalue weighted by Gasteiger charge is -2.36. The van der Waals surface area contributed by atoms with Crippen LogP contribution in [0.15, 0.2) is 65.7 Å². The average molecular weight is 528 g/mol. The monoisotopic (exact) mass is 527 g/mol. The number of aromatic nitrogens is 1. The SMILES string of the molecule is Cc1ccc(S(=O)(=O)[N+](CC(N)=O)(Cc2ccc(N3CCCC3=O)cn2)c2cccc(Cl)c2C)cc1. The number of halogens is 1. The lowest BCUT2D eigenvalue weighted by molar-refractivity contribution is -0.118. The topological polar surface area (TPSA) is 110 Å². The predicted molar refractivity (Wildman–Crippen MR) is 140 cm³/mol. The summed E-state index contributed by atoms with van der Waals surface area (Å²) in [6.45, 7) is 3.50. The fraction of sp³-hybridized carbons (Fsp3) is 0.269. The summed E-state index contributed by atoms with van der Waals surface area (Å²) in [5, 5.41) is 0.370. The van der Waals surface area contributed by atoms with Crippen molar-refractivity contribution in [1.82, 2.24) is 8.87 Å². The molecule has 0 spiro atoms. The minimum atomic E-state index is -4.23. The first-order valence-corrected chi connectivity index (χ1v) is 13.4. The molecule has 1 aromatic heterocycles. The molecule has 2 heterocycles. The fourth-order valence-corrected chi connectivity index (χ4v) is 6.69. The van der Waals surface area contributed by atoms with E-state index in [1.54, 1.807) is 60.5 Å². The molecule has 2 aromatic carbocycles. The third-order valence-corrected chi connectivity index (χ3v) is 9.13. The summed E-state index contributed by atoms with van der Waals surface area (Å²) >= 11 is 6.41. The number of nitrogens with two attached hydrogens (primary N) is 1. The Kier molecular flexibility index (Phi) is 7.17. The van der Waals surface area contributed by atoms with Gasteiger partial charge in [-0.1, -0.05) is 35.4 Å². The van der Waals surface area contributed by atoms with Gasteiger partial charge in [0.1, 0.15) is 11.4 Å². The van der Waals surface area contributed by atoms with Gasteiger partial charge in [0.15, 0.2) is 12.2 Å². The molecule has 0 radical (unpaired) electrons. The first-order chi connectivity index (χ1) is 17.0. The minimum absolute atomic E-state index is 0.0277. The second-order valence-electron chi connectivity index (χ2n) is 9.00. The Morgan fingerprint density at radius 2 is 1.83 bits per heavy atom. The van der Waals surface area contributed by atoms with E-state index < -0.39 is 26.4 Å². The molecule has 1 aliphatic heterocycles. The summed E-state index contributed by atoms with van der Waals surface area (Å²) < 4.78 is 27.8. The minimum Gasteiger partial charge on any atom is -0.365 e. The van der Waals surface area contributed by atoms with Crippen LogP contribution in [0.2, 0.25) is 5.02 Å². The number of aryl methyl sites for hydroxylation is 1. The van der Waals surface area contributed by atoms with Gasteiger partial charge in [-0.15, -0.1) is 0 Å². The van der Waals surface area contributed by atoms with Gasteiger partial charge in [-0.25, -0.2) is 0 Å². The Morgan fingerprint density at radius 1 is 1.11 bits per heavy atom. The van der Waals surface area contributed by atoms with Gasteiger partial charge >= 0.3 is 10.0 Å². The van der Waals surface area contributed by atoms with E-state index in [1.807, 2.05) is 6.92 Å². The quantitative estimate of drug-likeness (QED) is 0.447. The number of nitrogens with zero attached hydrogens (tertiary/aromatic N) is 3. The number of primary amides is 1. The Hall–Kier alpha value is -3.27. The molecule has 1 atom stereocenters. The molecular weight excluding hydrogens is 500 g/mol. The van der Waals surface area contributed by atoms with Crippen LogP contribution in [0, 0.1) is 13.8 Å². The van der Waals surface area contributed by atoms with Crippen molar-refractivity contribution in [2.75, 3.05) is 18.0 Å². The van der Waals surface area contributed by atoms with Gasteiger partial charge in [0.2, 0.25) is 5.91 Å². The Morgan fingerprint density at radius 3 is 2.42 bits per heavy atom. The number of benzene rings is 2. The van der Waals surface area contributed by atoms with Gasteiger partial charge in [0, 0.05) is 29.6 Å². The van der Waals surface area contributed by atoms with Crippen LogP contribution < -0.4 is 14.5 Å². The molecule has 0 bridgehead atoms. The zero-order valence-corrected chi connectivity index (χ0v) is 21.7. The number of carbonyl (C=O) groups is 2. The summed E-state index contributed by atoms with van der Waals surface area (Å²) in [6.07, 6.45) is 2.83. The van der Waals surface area contributed by atoms with Crippen LogP contribution >= 0.6 is 11.6 Å². The van der Waals surface area contributed by atoms with Gasteiger partial charge in [-0.2, -0.15) is 12.3 Å². The predicted octanol–water partition coefficient (Wildman–Crippen LogP) is 3.86. The molecule has 2 N–H and O–H groups in total. The van der Waals surface area contributed by atoms with Crippen LogP contribution in [0.25, 0.3) is 0 Å². The maximum atomic E-state index is 14.3. The molecule has 0 saturated carbocycles. The number of quaternary nitrogens is 1. The average Bonchev–Trinajstić information content (AvgIpc) is 3.26. The molecule has 2 amide bonds. The number of hydrogen-bond donors (Lipinski definition) is 1. The molecule has 1 unspecified atom stereocenters. The van der Waals surface area contributed by atoms with Crippen molar-refractivity contribution in [3.05, 3.63) is 82.6 Å². The highest BCUT2D eigenvalue weighted by Gasteiger charge is 2.48. The van der Waals surface area contributed by atoms with E-state index in [2.05, 4.69) is 4.98 Å². The first-order valence-electron chi connectivity index (χ1n) is 11.5. The van der Waals surface area contributed by atoms with Crippen LogP contribution in [0.3, 0.4) is 0 Å². The molecule has 188 valence electrons. The van der Waals surface area contributed by atoms with E-state index in [9.17, 15) is 18.0 Å². The Bertz CT molecular complexity index is 1410. The molecule has 1 saturated heterocycles. The Balaban J connectivity index is 1.89. The number of rotatable bonds is 8. The van der Waals surface area contributed by atoms with Gasteiger partial charge in [-0.05, 0) is 50.6 Å². The lowest BCUT2D eigenvalue weighted by atomic mass is 10.1. The Labute approximate surface area is 216 Å². The molecule has 0 aliphatic carbocycles. The van der Waals surface area contributed by atoms with Crippen LogP contribution in [0.4, 0.5) is 11.4 Å². The molecule has 3 aromatic rings. The van der Waals surface area contributed by atoms with Gasteiger partial charge in [0.25, 0.3) is 5.91 Å². The van der Waals surface area contributed by atoms with Crippen molar-refractivity contribution < 1.29 is 18.0 Å². The van der Waals surface area contributed by atoms with Crippen molar-refractivity contribution in [3.8, 4) is 0 Å². The van der Waals surface area contributed by atoms with Crippen LogP contribution in [0.5, 0.6) is 0 Å². The molecule has 8 nitrogen and oxygen atoms in total. The standard InChI is InChI=1S/C26H27ClN4O4S/c1-18-8-12-22(13-9-18)36(34,35)31(17-25(28)32,24-6-3-5-23(27)19(24)2)16-20-10-11-21(15-29-20)30-14-4-7-26(30)33/h3,5-6,8-13,15H,4,7,14,16-17H2,1-2H3,(H-,28,32)/p+1. The highest BCUT2D eigenvalue weighted by Crippen LogP contribution is 2.39. The van der Waals surface area contributed by atoms with Gasteiger partial charge in [0.05, 0.1) is 17.6 Å². The number of carbonyl (C=O) groups excluding carboxylic acids is 2. The smallest absolute Gasteiger partial charge is 0.332 e. The fourth-order valence-electron chi connectivity index (χ4n) is 4.58. The number of sulfonamides is 1. The highest BCUT2D eigenvalue weighted by atomic mass is 35.5. The summed E-state index contributed by atoms with van der Waals surface area (Å²) in [5.41, 5.74) is 8.49. The van der Waals surface area contributed by atoms with Crippen molar-refractivity contribution in [1.29, 1.82) is 0 Å². The molecule has 1 fully saturated rings. The summed E-state index contributed by atoms with van der Waals surface area (Å²) in [7, 11) is -4.23. The number of hydrogen-bond acceptors (Lipinski definition) is 5. The number of anilines is 1. The molecule has 4 rings (SSSR count). The second-order valence-corrected chi connectivity index (χ2v) is 11.5. The summed E-state index contributed by atoms with van der Waals surface area (Å²) in [4.78, 5) is 30.7. The first kappa shape index (κ1) is 25.8. The maximum absolute atomic E-state index is 14.3. The number of amides is 2. The van der Waals surface area contributed by atoms with Crippen molar-refractivity contribution in [2.24, 2.45) is 5.73 Å². The van der Waals surface area contributed by atoms with Crippen molar-refractivity contribution >= 4 is 44.8 Å². The van der Waals surface area contributed by atoms with Gasteiger partial charge in [-0.3, -0.25) is 14.6 Å². The zero-order chi connectivity index (χ0) is 26.1. The zero-order valence-electron chi connectivity index (χ0n) is 20.1. The normalized spacial score (nSPS) is 15.6. The van der Waals surface area contributed by atoms with Crippen LogP contribution in [-0.2, 0) is 26.2 Å². The van der Waals surface area contributed by atoms with Crippen LogP contribution in [-0.4, -0.2) is 38.3 Å². The molecule has 10 heteroatoms. The van der Waals surface area contributed by atoms with E-state index in [0.717, 1.165) is 12.0 Å². The third kappa shape index (κ3) is 4.74. The van der Waals surface area contributed by atoms with E-state index in [4.69, 9.17) is 17.3 Å². The summed E-state index contributed by atoms with van der Waals surface area (Å²) in [5.74, 6) is -0.760. The second kappa shape index (κ2) is 10.0. The van der Waals surface area contributed by atoms with E-state index >= 15 is 0 Å². The van der Waals surface area contributed by atoms with E-state index in [1.165, 1.54) is 12.1 Å². The van der Waals surface area contributed by atoms with Gasteiger partial charge < -0.3 is 10.6 Å². The van der Waals surface area contributed by atoms with E-state index in [-0.39, 0.29) is 17.3 Å². The number of pyridine rings is 1. The maximum Gasteiger partial charge on any atom is 0.332 e. The van der Waals surface area contributed by atoms with Crippen molar-refractivity contribution in [2.45, 2.75) is 38.1 Å². The van der Waals surface area contributed by atoms with Crippen molar-refractivity contribution in [3.63, 3.8) is 0 Å². The summed E-state index contributed by atoms with van der Waals surface area (Å²) in [6, 6.07) is 14.8. The molecule has 1 aliphatic rings. The molecular formula is C26H28ClN4O4S+. The van der Waals surface area contributed by atoms with Crippen LogP contribution in [0.1, 0.15) is 29.7 Å². The highest BCUT2D eigenvalue weighted by molar-refractivity contribution is 7.91.